The summed E-state index contributed by atoms with van der Waals surface area (Å²) in [6.45, 7) is 19.2. The zero-order valence-electron chi connectivity index (χ0n) is 19.7. The SMILES string of the molecule is CCC(C)(C)CCOC(=O)CCN1CCN(CCC(=O)OCCC(C)(C)C)CC1. The zero-order valence-corrected chi connectivity index (χ0v) is 19.7. The van der Waals surface area contributed by atoms with Crippen molar-refractivity contribution < 1.29 is 19.1 Å². The monoisotopic (exact) mass is 412 g/mol. The summed E-state index contributed by atoms with van der Waals surface area (Å²) in [5.74, 6) is -0.206. The molecule has 6 nitrogen and oxygen atoms in total. The van der Waals surface area contributed by atoms with E-state index in [4.69, 9.17) is 9.47 Å². The third-order valence-electron chi connectivity index (χ3n) is 5.84. The molecular formula is C23H44N2O4. The standard InChI is InChI=1S/C23H44N2O4/c1-7-23(5,6)11-19-29-21(27)9-13-25-16-14-24(15-17-25)12-8-20(26)28-18-10-22(2,3)4/h7-19H2,1-6H3. The van der Waals surface area contributed by atoms with Crippen molar-refractivity contribution in [3.8, 4) is 0 Å². The molecule has 0 unspecified atom stereocenters. The molecule has 1 heterocycles. The number of nitrogens with zero attached hydrogens (tertiary/aromatic N) is 2. The van der Waals surface area contributed by atoms with Crippen LogP contribution in [0.4, 0.5) is 0 Å². The van der Waals surface area contributed by atoms with Crippen molar-refractivity contribution in [2.24, 2.45) is 10.8 Å². The average Bonchev–Trinajstić information content (AvgIpc) is 2.64. The second-order valence-corrected chi connectivity index (χ2v) is 10.2. The van der Waals surface area contributed by atoms with E-state index in [9.17, 15) is 9.59 Å². The van der Waals surface area contributed by atoms with Crippen molar-refractivity contribution in [3.05, 3.63) is 0 Å². The number of carbonyl (C=O) groups excluding carboxylic acids is 2. The molecule has 0 aromatic rings. The van der Waals surface area contributed by atoms with E-state index in [-0.39, 0.29) is 22.8 Å². The molecule has 6 heteroatoms. The minimum Gasteiger partial charge on any atom is -0.466 e. The molecule has 1 fully saturated rings. The lowest BCUT2D eigenvalue weighted by atomic mass is 9.87. The Kier molecular flexibility index (Phi) is 11.2. The Morgan fingerprint density at radius 2 is 1.17 bits per heavy atom. The summed E-state index contributed by atoms with van der Waals surface area (Å²) in [4.78, 5) is 28.4. The quantitative estimate of drug-likeness (QED) is 0.455. The Morgan fingerprint density at radius 1 is 0.759 bits per heavy atom. The van der Waals surface area contributed by atoms with Crippen LogP contribution in [0, 0.1) is 10.8 Å². The van der Waals surface area contributed by atoms with Gasteiger partial charge in [0.2, 0.25) is 0 Å². The lowest BCUT2D eigenvalue weighted by molar-refractivity contribution is -0.146. The fourth-order valence-electron chi connectivity index (χ4n) is 2.97. The predicted octanol–water partition coefficient (Wildman–Crippen LogP) is 3.73. The average molecular weight is 413 g/mol. The number of ether oxygens (including phenoxy) is 2. The van der Waals surface area contributed by atoms with Crippen molar-refractivity contribution >= 4 is 11.9 Å². The number of piperazine rings is 1. The molecular weight excluding hydrogens is 368 g/mol. The van der Waals surface area contributed by atoms with Crippen molar-refractivity contribution in [1.82, 2.24) is 9.80 Å². The molecule has 0 bridgehead atoms. The van der Waals surface area contributed by atoms with Gasteiger partial charge in [-0.2, -0.15) is 0 Å². The molecule has 0 aromatic carbocycles. The van der Waals surface area contributed by atoms with Crippen LogP contribution in [0.25, 0.3) is 0 Å². The molecule has 1 rings (SSSR count). The normalized spacial score (nSPS) is 16.6. The molecule has 0 aliphatic carbocycles. The van der Waals surface area contributed by atoms with Crippen LogP contribution < -0.4 is 0 Å². The van der Waals surface area contributed by atoms with Crippen molar-refractivity contribution in [2.75, 3.05) is 52.5 Å². The van der Waals surface area contributed by atoms with Gasteiger partial charge in [-0.25, -0.2) is 0 Å². The number of carbonyl (C=O) groups is 2. The Morgan fingerprint density at radius 3 is 1.55 bits per heavy atom. The maximum atomic E-state index is 11.9. The van der Waals surface area contributed by atoms with E-state index < -0.39 is 0 Å². The first-order valence-electron chi connectivity index (χ1n) is 11.3. The van der Waals surface area contributed by atoms with E-state index in [1.165, 1.54) is 0 Å². The molecule has 1 saturated heterocycles. The highest BCUT2D eigenvalue weighted by molar-refractivity contribution is 5.69. The van der Waals surface area contributed by atoms with Gasteiger partial charge in [0.1, 0.15) is 0 Å². The number of rotatable bonds is 12. The van der Waals surface area contributed by atoms with E-state index in [2.05, 4.69) is 51.3 Å². The summed E-state index contributed by atoms with van der Waals surface area (Å²) in [7, 11) is 0. The van der Waals surface area contributed by atoms with Crippen molar-refractivity contribution in [3.63, 3.8) is 0 Å². The van der Waals surface area contributed by atoms with E-state index in [0.29, 0.717) is 26.1 Å². The van der Waals surface area contributed by atoms with Crippen LogP contribution >= 0.6 is 0 Å². The van der Waals surface area contributed by atoms with Crippen LogP contribution in [0.5, 0.6) is 0 Å². The summed E-state index contributed by atoms with van der Waals surface area (Å²) in [6, 6.07) is 0. The second kappa shape index (κ2) is 12.5. The van der Waals surface area contributed by atoms with E-state index in [1.807, 2.05) is 0 Å². The van der Waals surface area contributed by atoms with Crippen LogP contribution in [-0.2, 0) is 19.1 Å². The highest BCUT2D eigenvalue weighted by Crippen LogP contribution is 2.24. The summed E-state index contributed by atoms with van der Waals surface area (Å²) in [5, 5.41) is 0. The van der Waals surface area contributed by atoms with Gasteiger partial charge in [0.15, 0.2) is 0 Å². The van der Waals surface area contributed by atoms with Crippen molar-refractivity contribution in [2.45, 2.75) is 73.6 Å². The molecule has 170 valence electrons. The first kappa shape index (κ1) is 25.9. The molecule has 0 atom stereocenters. The maximum absolute atomic E-state index is 11.9. The van der Waals surface area contributed by atoms with Gasteiger partial charge in [-0.05, 0) is 23.7 Å². The lowest BCUT2D eigenvalue weighted by Gasteiger charge is -2.34. The third-order valence-corrected chi connectivity index (χ3v) is 5.84. The largest absolute Gasteiger partial charge is 0.466 e. The molecule has 0 saturated carbocycles. The fourth-order valence-corrected chi connectivity index (χ4v) is 2.97. The molecule has 1 aliphatic heterocycles. The smallest absolute Gasteiger partial charge is 0.307 e. The fraction of sp³-hybridized carbons (Fsp3) is 0.913. The van der Waals surface area contributed by atoms with Crippen LogP contribution in [0.2, 0.25) is 0 Å². The maximum Gasteiger partial charge on any atom is 0.307 e. The highest BCUT2D eigenvalue weighted by atomic mass is 16.5. The van der Waals surface area contributed by atoms with Gasteiger partial charge in [-0.3, -0.25) is 9.59 Å². The summed E-state index contributed by atoms with van der Waals surface area (Å²) in [6.07, 6.45) is 3.78. The number of hydrogen-bond acceptors (Lipinski definition) is 6. The Bertz CT molecular complexity index is 492. The zero-order chi connectivity index (χ0) is 21.9. The molecule has 0 radical (unpaired) electrons. The summed E-state index contributed by atoms with van der Waals surface area (Å²) in [5.41, 5.74) is 0.421. The molecule has 0 aromatic heterocycles. The first-order valence-corrected chi connectivity index (χ1v) is 11.3. The van der Waals surface area contributed by atoms with Gasteiger partial charge in [-0.1, -0.05) is 48.0 Å². The summed E-state index contributed by atoms with van der Waals surface area (Å²) >= 11 is 0. The Balaban J connectivity index is 2.09. The Labute approximate surface area is 178 Å². The molecule has 0 amide bonds. The first-order chi connectivity index (χ1) is 13.5. The van der Waals surface area contributed by atoms with Crippen molar-refractivity contribution in [1.29, 1.82) is 0 Å². The second-order valence-electron chi connectivity index (χ2n) is 10.2. The van der Waals surface area contributed by atoms with Crippen LogP contribution in [0.3, 0.4) is 0 Å². The minimum atomic E-state index is -0.106. The van der Waals surface area contributed by atoms with E-state index >= 15 is 0 Å². The molecule has 29 heavy (non-hydrogen) atoms. The Hall–Kier alpha value is -1.14. The summed E-state index contributed by atoms with van der Waals surface area (Å²) < 4.78 is 10.7. The van der Waals surface area contributed by atoms with Crippen LogP contribution in [0.1, 0.15) is 73.6 Å². The molecule has 0 N–H and O–H groups in total. The van der Waals surface area contributed by atoms with E-state index in [1.54, 1.807) is 0 Å². The van der Waals surface area contributed by atoms with Gasteiger partial charge in [-0.15, -0.1) is 0 Å². The van der Waals surface area contributed by atoms with Crippen LogP contribution in [0.15, 0.2) is 0 Å². The van der Waals surface area contributed by atoms with Gasteiger partial charge in [0, 0.05) is 39.3 Å². The number of hydrogen-bond donors (Lipinski definition) is 0. The predicted molar refractivity (Wildman–Crippen MR) is 117 cm³/mol. The molecule has 0 spiro atoms. The van der Waals surface area contributed by atoms with Crippen LogP contribution in [-0.4, -0.2) is 74.2 Å². The minimum absolute atomic E-state index is 0.0997. The van der Waals surface area contributed by atoms with Gasteiger partial charge < -0.3 is 19.3 Å². The van der Waals surface area contributed by atoms with Gasteiger partial charge in [0.05, 0.1) is 26.1 Å². The highest BCUT2D eigenvalue weighted by Gasteiger charge is 2.20. The lowest BCUT2D eigenvalue weighted by Crippen LogP contribution is -2.47. The van der Waals surface area contributed by atoms with E-state index in [0.717, 1.165) is 58.5 Å². The third kappa shape index (κ3) is 12.9. The van der Waals surface area contributed by atoms with Gasteiger partial charge >= 0.3 is 11.9 Å². The topological polar surface area (TPSA) is 59.1 Å². The number of esters is 2. The molecule has 1 aliphatic rings. The van der Waals surface area contributed by atoms with Gasteiger partial charge in [0.25, 0.3) is 0 Å².